The van der Waals surface area contributed by atoms with Crippen molar-refractivity contribution in [1.29, 1.82) is 0 Å². The summed E-state index contributed by atoms with van der Waals surface area (Å²) in [4.78, 5) is 21.5. The molecule has 0 saturated carbocycles. The molecule has 6 heteroatoms. The highest BCUT2D eigenvalue weighted by Gasteiger charge is 2.11. The molecule has 0 spiro atoms. The standard InChI is InChI=1S/C15H13N3O2S/c1-9-3-5-10(6-4-9)13(19)18-15-16-11-7-8-12(20-2)17-14(11)21-15/h3-8H,1-2H3,(H,16,18,19). The lowest BCUT2D eigenvalue weighted by molar-refractivity contribution is 0.102. The summed E-state index contributed by atoms with van der Waals surface area (Å²) in [5.41, 5.74) is 2.45. The zero-order valence-corrected chi connectivity index (χ0v) is 12.4. The van der Waals surface area contributed by atoms with E-state index >= 15 is 0 Å². The molecule has 2 aromatic heterocycles. The molecule has 0 aliphatic carbocycles. The Morgan fingerprint density at radius 2 is 1.90 bits per heavy atom. The van der Waals surface area contributed by atoms with Crippen molar-refractivity contribution < 1.29 is 9.53 Å². The maximum absolute atomic E-state index is 12.1. The fourth-order valence-corrected chi connectivity index (χ4v) is 2.67. The quantitative estimate of drug-likeness (QED) is 0.806. The van der Waals surface area contributed by atoms with Gasteiger partial charge >= 0.3 is 0 Å². The van der Waals surface area contributed by atoms with Crippen LogP contribution in [-0.2, 0) is 0 Å². The van der Waals surface area contributed by atoms with Crippen molar-refractivity contribution in [3.05, 3.63) is 47.5 Å². The smallest absolute Gasteiger partial charge is 0.257 e. The van der Waals surface area contributed by atoms with Crippen LogP contribution in [-0.4, -0.2) is 23.0 Å². The lowest BCUT2D eigenvalue weighted by atomic mass is 10.1. The fourth-order valence-electron chi connectivity index (χ4n) is 1.84. The van der Waals surface area contributed by atoms with Crippen LogP contribution in [0.2, 0.25) is 0 Å². The molecule has 0 saturated heterocycles. The number of ether oxygens (including phenoxy) is 1. The van der Waals surface area contributed by atoms with Crippen LogP contribution in [0, 0.1) is 6.92 Å². The number of amides is 1. The van der Waals surface area contributed by atoms with Crippen LogP contribution in [0.3, 0.4) is 0 Å². The van der Waals surface area contributed by atoms with Gasteiger partial charge in [-0.05, 0) is 25.1 Å². The number of methoxy groups -OCH3 is 1. The Labute approximate surface area is 125 Å². The molecule has 0 aliphatic rings. The van der Waals surface area contributed by atoms with Crippen molar-refractivity contribution in [3.63, 3.8) is 0 Å². The molecule has 0 atom stereocenters. The molecule has 2 heterocycles. The molecule has 0 unspecified atom stereocenters. The number of nitrogens with zero attached hydrogens (tertiary/aromatic N) is 2. The summed E-state index contributed by atoms with van der Waals surface area (Å²) in [7, 11) is 1.56. The number of hydrogen-bond donors (Lipinski definition) is 1. The second kappa shape index (κ2) is 5.49. The number of aryl methyl sites for hydroxylation is 1. The zero-order chi connectivity index (χ0) is 14.8. The third-order valence-electron chi connectivity index (χ3n) is 2.97. The first kappa shape index (κ1) is 13.5. The van der Waals surface area contributed by atoms with Crippen molar-refractivity contribution in [2.75, 3.05) is 12.4 Å². The lowest BCUT2D eigenvalue weighted by Gasteiger charge is -2.01. The molecule has 3 rings (SSSR count). The molecule has 0 aliphatic heterocycles. The third kappa shape index (κ3) is 2.85. The van der Waals surface area contributed by atoms with Gasteiger partial charge in [-0.1, -0.05) is 29.0 Å². The van der Waals surface area contributed by atoms with E-state index in [1.54, 1.807) is 25.3 Å². The van der Waals surface area contributed by atoms with Crippen molar-refractivity contribution in [1.82, 2.24) is 9.97 Å². The molecular weight excluding hydrogens is 286 g/mol. The number of aromatic nitrogens is 2. The predicted molar refractivity (Wildman–Crippen MR) is 83.1 cm³/mol. The van der Waals surface area contributed by atoms with Gasteiger partial charge in [0.1, 0.15) is 10.3 Å². The average molecular weight is 299 g/mol. The van der Waals surface area contributed by atoms with Gasteiger partial charge < -0.3 is 4.74 Å². The summed E-state index contributed by atoms with van der Waals surface area (Å²) in [6.45, 7) is 1.98. The number of anilines is 1. The van der Waals surface area contributed by atoms with Gasteiger partial charge in [0.25, 0.3) is 5.91 Å². The molecule has 0 bridgehead atoms. The molecule has 5 nitrogen and oxygen atoms in total. The fraction of sp³-hybridized carbons (Fsp3) is 0.133. The highest BCUT2D eigenvalue weighted by atomic mass is 32.1. The maximum atomic E-state index is 12.1. The van der Waals surface area contributed by atoms with E-state index in [1.165, 1.54) is 11.3 Å². The van der Waals surface area contributed by atoms with Crippen LogP contribution in [0.4, 0.5) is 5.13 Å². The SMILES string of the molecule is COc1ccc2nc(NC(=O)c3ccc(C)cc3)sc2n1. The molecule has 1 N–H and O–H groups in total. The van der Waals surface area contributed by atoms with Gasteiger partial charge in [0, 0.05) is 11.6 Å². The number of carbonyl (C=O) groups is 1. The van der Waals surface area contributed by atoms with Crippen LogP contribution in [0.25, 0.3) is 10.3 Å². The van der Waals surface area contributed by atoms with Crippen LogP contribution in [0.15, 0.2) is 36.4 Å². The highest BCUT2D eigenvalue weighted by Crippen LogP contribution is 2.26. The second-order valence-electron chi connectivity index (χ2n) is 4.52. The Morgan fingerprint density at radius 1 is 1.14 bits per heavy atom. The van der Waals surface area contributed by atoms with Gasteiger partial charge in [0.2, 0.25) is 5.88 Å². The van der Waals surface area contributed by atoms with E-state index in [9.17, 15) is 4.79 Å². The lowest BCUT2D eigenvalue weighted by Crippen LogP contribution is -2.11. The molecule has 106 valence electrons. The highest BCUT2D eigenvalue weighted by molar-refractivity contribution is 7.22. The number of hydrogen-bond acceptors (Lipinski definition) is 5. The second-order valence-corrected chi connectivity index (χ2v) is 5.49. The van der Waals surface area contributed by atoms with Gasteiger partial charge in [-0.3, -0.25) is 10.1 Å². The van der Waals surface area contributed by atoms with E-state index in [4.69, 9.17) is 4.74 Å². The average Bonchev–Trinajstić information content (AvgIpc) is 2.88. The van der Waals surface area contributed by atoms with Crippen LogP contribution in [0.5, 0.6) is 5.88 Å². The normalized spacial score (nSPS) is 10.6. The molecular formula is C15H13N3O2S. The van der Waals surface area contributed by atoms with E-state index in [0.29, 0.717) is 16.6 Å². The van der Waals surface area contributed by atoms with E-state index in [2.05, 4.69) is 15.3 Å². The summed E-state index contributed by atoms with van der Waals surface area (Å²) in [6.07, 6.45) is 0. The molecule has 0 radical (unpaired) electrons. The minimum absolute atomic E-state index is 0.180. The van der Waals surface area contributed by atoms with Gasteiger partial charge in [-0.25, -0.2) is 9.97 Å². The minimum Gasteiger partial charge on any atom is -0.481 e. The van der Waals surface area contributed by atoms with Crippen LogP contribution in [0.1, 0.15) is 15.9 Å². The summed E-state index contributed by atoms with van der Waals surface area (Å²) < 4.78 is 5.07. The van der Waals surface area contributed by atoms with Crippen molar-refractivity contribution in [2.45, 2.75) is 6.92 Å². The van der Waals surface area contributed by atoms with Gasteiger partial charge in [0.15, 0.2) is 5.13 Å². The Morgan fingerprint density at radius 3 is 2.62 bits per heavy atom. The molecule has 1 aromatic carbocycles. The zero-order valence-electron chi connectivity index (χ0n) is 11.6. The Hall–Kier alpha value is -2.47. The molecule has 3 aromatic rings. The Balaban J connectivity index is 1.84. The minimum atomic E-state index is -0.180. The Kier molecular flexibility index (Phi) is 3.53. The summed E-state index contributed by atoms with van der Waals surface area (Å²) >= 11 is 1.32. The summed E-state index contributed by atoms with van der Waals surface area (Å²) in [5, 5.41) is 3.32. The maximum Gasteiger partial charge on any atom is 0.257 e. The van der Waals surface area contributed by atoms with Crippen molar-refractivity contribution in [2.24, 2.45) is 0 Å². The van der Waals surface area contributed by atoms with Crippen LogP contribution >= 0.6 is 11.3 Å². The monoisotopic (exact) mass is 299 g/mol. The van der Waals surface area contributed by atoms with Gasteiger partial charge in [0.05, 0.1) is 7.11 Å². The summed E-state index contributed by atoms with van der Waals surface area (Å²) in [5.74, 6) is 0.351. The third-order valence-corrected chi connectivity index (χ3v) is 3.85. The molecule has 0 fully saturated rings. The topological polar surface area (TPSA) is 64.1 Å². The largest absolute Gasteiger partial charge is 0.481 e. The van der Waals surface area contributed by atoms with Gasteiger partial charge in [-0.15, -0.1) is 0 Å². The van der Waals surface area contributed by atoms with E-state index in [-0.39, 0.29) is 5.91 Å². The predicted octanol–water partition coefficient (Wildman–Crippen LogP) is 3.26. The number of benzene rings is 1. The number of nitrogens with one attached hydrogen (secondary N) is 1. The first-order chi connectivity index (χ1) is 10.2. The molecule has 21 heavy (non-hydrogen) atoms. The first-order valence-electron chi connectivity index (χ1n) is 6.35. The Bertz CT molecular complexity index is 796. The van der Waals surface area contributed by atoms with Crippen LogP contribution < -0.4 is 10.1 Å². The van der Waals surface area contributed by atoms with Crippen molar-refractivity contribution in [3.8, 4) is 5.88 Å². The number of rotatable bonds is 3. The first-order valence-corrected chi connectivity index (χ1v) is 7.17. The number of thiazole rings is 1. The number of pyridine rings is 1. The van der Waals surface area contributed by atoms with Crippen molar-refractivity contribution >= 4 is 32.7 Å². The summed E-state index contributed by atoms with van der Waals surface area (Å²) in [6, 6.07) is 10.9. The van der Waals surface area contributed by atoms with E-state index in [0.717, 1.165) is 15.9 Å². The number of carbonyl (C=O) groups excluding carboxylic acids is 1. The number of fused-ring (bicyclic) bond motifs is 1. The molecule has 1 amide bonds. The van der Waals surface area contributed by atoms with E-state index in [1.807, 2.05) is 25.1 Å². The van der Waals surface area contributed by atoms with Gasteiger partial charge in [-0.2, -0.15) is 0 Å². The van der Waals surface area contributed by atoms with E-state index < -0.39 is 0 Å².